The van der Waals surface area contributed by atoms with Crippen LogP contribution in [0.3, 0.4) is 0 Å². The fourth-order valence-corrected chi connectivity index (χ4v) is 2.01. The standard InChI is InChI=1S/C7H6BrF2NOS/c1-3-4(2-12)13-7(11-3)5(8)6(9)10/h2,5-6H,1H3. The first kappa shape index (κ1) is 10.7. The lowest BCUT2D eigenvalue weighted by molar-refractivity contribution is 0.112. The van der Waals surface area contributed by atoms with Crippen molar-refractivity contribution in [1.82, 2.24) is 4.98 Å². The molecule has 0 amide bonds. The predicted octanol–water partition coefficient (Wildman–Crippen LogP) is 2.97. The van der Waals surface area contributed by atoms with Gasteiger partial charge in [-0.15, -0.1) is 11.3 Å². The molecule has 0 fully saturated rings. The first-order chi connectivity index (χ1) is 6.06. The number of nitrogens with zero attached hydrogens (tertiary/aromatic N) is 1. The maximum absolute atomic E-state index is 12.2. The van der Waals surface area contributed by atoms with Gasteiger partial charge in [0.25, 0.3) is 6.43 Å². The van der Waals surface area contributed by atoms with Crippen molar-refractivity contribution in [3.8, 4) is 0 Å². The number of rotatable bonds is 3. The molecule has 1 aromatic rings. The van der Waals surface area contributed by atoms with Gasteiger partial charge < -0.3 is 0 Å². The quantitative estimate of drug-likeness (QED) is 0.624. The van der Waals surface area contributed by atoms with Crippen molar-refractivity contribution < 1.29 is 13.6 Å². The Hall–Kier alpha value is -0.360. The fourth-order valence-electron chi connectivity index (χ4n) is 0.765. The molecule has 0 aromatic carbocycles. The Bertz CT molecular complexity index is 315. The summed E-state index contributed by atoms with van der Waals surface area (Å²) in [4.78, 5) is 13.6. The number of alkyl halides is 3. The van der Waals surface area contributed by atoms with E-state index < -0.39 is 11.3 Å². The number of thiazole rings is 1. The lowest BCUT2D eigenvalue weighted by Crippen LogP contribution is -2.00. The lowest BCUT2D eigenvalue weighted by atomic mass is 10.4. The highest BCUT2D eigenvalue weighted by molar-refractivity contribution is 9.09. The average molecular weight is 270 g/mol. The van der Waals surface area contributed by atoms with E-state index in [1.165, 1.54) is 0 Å². The van der Waals surface area contributed by atoms with E-state index >= 15 is 0 Å². The molecule has 0 saturated heterocycles. The van der Waals surface area contributed by atoms with Crippen molar-refractivity contribution in [3.63, 3.8) is 0 Å². The summed E-state index contributed by atoms with van der Waals surface area (Å²) in [5.74, 6) is 0. The van der Waals surface area contributed by atoms with Crippen molar-refractivity contribution in [2.24, 2.45) is 0 Å². The Morgan fingerprint density at radius 3 is 2.62 bits per heavy atom. The van der Waals surface area contributed by atoms with E-state index in [0.29, 0.717) is 16.9 Å². The molecular weight excluding hydrogens is 264 g/mol. The number of carbonyl (C=O) groups excluding carboxylic acids is 1. The number of aryl methyl sites for hydroxylation is 1. The Kier molecular flexibility index (Phi) is 3.49. The monoisotopic (exact) mass is 269 g/mol. The van der Waals surface area contributed by atoms with E-state index in [1.54, 1.807) is 6.92 Å². The van der Waals surface area contributed by atoms with Gasteiger partial charge in [0.15, 0.2) is 6.29 Å². The Balaban J connectivity index is 2.96. The van der Waals surface area contributed by atoms with E-state index in [1.807, 2.05) is 0 Å². The summed E-state index contributed by atoms with van der Waals surface area (Å²) < 4.78 is 24.4. The first-order valence-corrected chi connectivity index (χ1v) is 5.14. The van der Waals surface area contributed by atoms with Gasteiger partial charge in [0.2, 0.25) is 0 Å². The molecule has 0 aliphatic carbocycles. The van der Waals surface area contributed by atoms with E-state index in [2.05, 4.69) is 20.9 Å². The minimum Gasteiger partial charge on any atom is -0.297 e. The third-order valence-electron chi connectivity index (χ3n) is 1.41. The molecule has 0 saturated carbocycles. The zero-order valence-corrected chi connectivity index (χ0v) is 9.03. The normalized spacial score (nSPS) is 13.3. The van der Waals surface area contributed by atoms with E-state index in [0.717, 1.165) is 11.3 Å². The van der Waals surface area contributed by atoms with Crippen molar-refractivity contribution >= 4 is 33.6 Å². The van der Waals surface area contributed by atoms with Crippen LogP contribution in [0.5, 0.6) is 0 Å². The molecule has 0 radical (unpaired) electrons. The molecule has 1 unspecified atom stereocenters. The van der Waals surface area contributed by atoms with Gasteiger partial charge in [0, 0.05) is 0 Å². The molecule has 1 aromatic heterocycles. The molecular formula is C7H6BrF2NOS. The zero-order chi connectivity index (χ0) is 10.0. The number of hydrogen-bond acceptors (Lipinski definition) is 3. The van der Waals surface area contributed by atoms with Crippen LogP contribution in [0.15, 0.2) is 0 Å². The lowest BCUT2D eigenvalue weighted by Gasteiger charge is -2.02. The van der Waals surface area contributed by atoms with Crippen LogP contribution in [0.25, 0.3) is 0 Å². The van der Waals surface area contributed by atoms with Gasteiger partial charge in [-0.2, -0.15) is 0 Å². The Morgan fingerprint density at radius 2 is 2.23 bits per heavy atom. The van der Waals surface area contributed by atoms with Gasteiger partial charge in [-0.25, -0.2) is 13.8 Å². The van der Waals surface area contributed by atoms with Crippen LogP contribution in [0.2, 0.25) is 0 Å². The van der Waals surface area contributed by atoms with Crippen molar-refractivity contribution in [2.75, 3.05) is 0 Å². The van der Waals surface area contributed by atoms with Crippen molar-refractivity contribution in [3.05, 3.63) is 15.6 Å². The van der Waals surface area contributed by atoms with Crippen LogP contribution in [-0.4, -0.2) is 17.7 Å². The van der Waals surface area contributed by atoms with Crippen LogP contribution in [0.1, 0.15) is 25.2 Å². The topological polar surface area (TPSA) is 30.0 Å². The average Bonchev–Trinajstić information content (AvgIpc) is 2.45. The summed E-state index contributed by atoms with van der Waals surface area (Å²) >= 11 is 3.80. The van der Waals surface area contributed by atoms with E-state index in [9.17, 15) is 13.6 Å². The highest BCUT2D eigenvalue weighted by Gasteiger charge is 2.23. The molecule has 0 aliphatic rings. The fraction of sp³-hybridized carbons (Fsp3) is 0.429. The maximum Gasteiger partial charge on any atom is 0.257 e. The molecule has 6 heteroatoms. The molecule has 0 spiro atoms. The molecule has 1 atom stereocenters. The first-order valence-electron chi connectivity index (χ1n) is 3.41. The summed E-state index contributed by atoms with van der Waals surface area (Å²) in [7, 11) is 0. The van der Waals surface area contributed by atoms with Gasteiger partial charge in [-0.3, -0.25) is 4.79 Å². The van der Waals surface area contributed by atoms with Gasteiger partial charge >= 0.3 is 0 Å². The van der Waals surface area contributed by atoms with Crippen molar-refractivity contribution in [1.29, 1.82) is 0 Å². The van der Waals surface area contributed by atoms with Gasteiger partial charge in [0.1, 0.15) is 9.83 Å². The molecule has 1 rings (SSSR count). The van der Waals surface area contributed by atoms with Crippen molar-refractivity contribution in [2.45, 2.75) is 18.2 Å². The number of aromatic nitrogens is 1. The SMILES string of the molecule is Cc1nc(C(Br)C(F)F)sc1C=O. The smallest absolute Gasteiger partial charge is 0.257 e. The predicted molar refractivity (Wildman–Crippen MR) is 49.9 cm³/mol. The molecule has 13 heavy (non-hydrogen) atoms. The summed E-state index contributed by atoms with van der Waals surface area (Å²) in [6.45, 7) is 1.62. The Morgan fingerprint density at radius 1 is 1.62 bits per heavy atom. The Labute approximate surface area is 86.1 Å². The third kappa shape index (κ3) is 2.31. The van der Waals surface area contributed by atoms with E-state index in [4.69, 9.17) is 0 Å². The minimum atomic E-state index is -2.51. The summed E-state index contributed by atoms with van der Waals surface area (Å²) in [5, 5.41) is 0.245. The number of carbonyl (C=O) groups is 1. The van der Waals surface area contributed by atoms with Crippen LogP contribution >= 0.6 is 27.3 Å². The minimum absolute atomic E-state index is 0.245. The molecule has 72 valence electrons. The number of aldehydes is 1. The van der Waals surface area contributed by atoms with Crippen LogP contribution in [0, 0.1) is 6.92 Å². The van der Waals surface area contributed by atoms with Gasteiger partial charge in [-0.1, -0.05) is 15.9 Å². The highest BCUT2D eigenvalue weighted by atomic mass is 79.9. The molecule has 0 N–H and O–H groups in total. The summed E-state index contributed by atoms with van der Waals surface area (Å²) in [6, 6.07) is 0. The summed E-state index contributed by atoms with van der Waals surface area (Å²) in [5.41, 5.74) is 0.500. The maximum atomic E-state index is 12.2. The second-order valence-corrected chi connectivity index (χ2v) is 4.40. The number of hydrogen-bond donors (Lipinski definition) is 0. The van der Waals surface area contributed by atoms with Gasteiger partial charge in [-0.05, 0) is 6.92 Å². The number of halogens is 3. The van der Waals surface area contributed by atoms with Crippen LogP contribution < -0.4 is 0 Å². The second-order valence-electron chi connectivity index (χ2n) is 2.36. The van der Waals surface area contributed by atoms with Gasteiger partial charge in [0.05, 0.1) is 10.6 Å². The van der Waals surface area contributed by atoms with Crippen LogP contribution in [-0.2, 0) is 0 Å². The summed E-state index contributed by atoms with van der Waals surface area (Å²) in [6.07, 6.45) is -1.88. The largest absolute Gasteiger partial charge is 0.297 e. The zero-order valence-electron chi connectivity index (χ0n) is 6.63. The van der Waals surface area contributed by atoms with Crippen LogP contribution in [0.4, 0.5) is 8.78 Å². The van der Waals surface area contributed by atoms with E-state index in [-0.39, 0.29) is 5.01 Å². The third-order valence-corrected chi connectivity index (χ3v) is 3.72. The molecule has 0 aliphatic heterocycles. The second kappa shape index (κ2) is 4.23. The molecule has 2 nitrogen and oxygen atoms in total. The molecule has 1 heterocycles. The molecule has 0 bridgehead atoms. The highest BCUT2D eigenvalue weighted by Crippen LogP contribution is 2.33.